The smallest absolute Gasteiger partial charge is 0.343 e. The summed E-state index contributed by atoms with van der Waals surface area (Å²) in [5.74, 6) is 4.61. The van der Waals surface area contributed by atoms with E-state index in [4.69, 9.17) is 11.3 Å². The fourth-order valence-electron chi connectivity index (χ4n) is 1.93. The van der Waals surface area contributed by atoms with Gasteiger partial charge in [-0.05, 0) is 0 Å². The van der Waals surface area contributed by atoms with Crippen LogP contribution in [-0.2, 0) is 4.79 Å². The average Bonchev–Trinajstić information content (AvgIpc) is 2.51. The van der Waals surface area contributed by atoms with Crippen LogP contribution in [0.5, 0.6) is 0 Å². The maximum atomic E-state index is 13.2. The number of hydrazine groups is 1. The highest BCUT2D eigenvalue weighted by atomic mass is 19.4. The number of halogens is 3. The number of hydrogen-bond donors (Lipinski definition) is 3. The van der Waals surface area contributed by atoms with Crippen LogP contribution in [0.2, 0.25) is 0 Å². The van der Waals surface area contributed by atoms with E-state index in [0.717, 1.165) is 4.90 Å². The molecule has 6 nitrogen and oxygen atoms in total. The van der Waals surface area contributed by atoms with E-state index in [9.17, 15) is 18.0 Å². The van der Waals surface area contributed by atoms with Gasteiger partial charge in [-0.15, -0.1) is 0 Å². The zero-order valence-electron chi connectivity index (χ0n) is 11.4. The highest BCUT2D eigenvalue weighted by molar-refractivity contribution is 6.44. The van der Waals surface area contributed by atoms with Gasteiger partial charge in [-0.3, -0.25) is 16.0 Å². The standard InChI is InChI=1S/C11H18F3N5O/c1-18(2)10(20)9(15)8(11(12,13)14)7-6-19(16)5-3-4-17-7/h15,17H,3-6,16H2,1-2H3/p+1/b8-7+,15-9?. The van der Waals surface area contributed by atoms with Gasteiger partial charge in [0.05, 0.1) is 13.1 Å². The predicted octanol–water partition coefficient (Wildman–Crippen LogP) is -0.946. The lowest BCUT2D eigenvalue weighted by molar-refractivity contribution is -0.606. The normalized spacial score (nSPS) is 20.3. The number of rotatable bonds is 2. The van der Waals surface area contributed by atoms with Gasteiger partial charge in [0, 0.05) is 27.1 Å². The van der Waals surface area contributed by atoms with E-state index in [1.54, 1.807) is 0 Å². The molecule has 1 heterocycles. The number of nitrogens with two attached hydrogens (primary N) is 2. The van der Waals surface area contributed by atoms with Crippen LogP contribution in [-0.4, -0.2) is 61.4 Å². The van der Waals surface area contributed by atoms with Crippen LogP contribution in [0.25, 0.3) is 0 Å². The lowest BCUT2D eigenvalue weighted by atomic mass is 10.1. The molecule has 0 saturated carbocycles. The molecule has 0 atom stereocenters. The molecule has 0 spiro atoms. The molecule has 1 aliphatic heterocycles. The quantitative estimate of drug-likeness (QED) is 0.453. The summed E-state index contributed by atoms with van der Waals surface area (Å²) < 4.78 is 39.6. The fourth-order valence-corrected chi connectivity index (χ4v) is 1.93. The van der Waals surface area contributed by atoms with Crippen molar-refractivity contribution in [2.45, 2.75) is 12.6 Å². The summed E-state index contributed by atoms with van der Waals surface area (Å²) in [6, 6.07) is 0. The van der Waals surface area contributed by atoms with Crippen molar-refractivity contribution in [3.8, 4) is 0 Å². The van der Waals surface area contributed by atoms with E-state index in [2.05, 4.69) is 0 Å². The number of hydrogen-bond acceptors (Lipinski definition) is 4. The number of carbonyl (C=O) groups is 1. The minimum atomic E-state index is -4.76. The van der Waals surface area contributed by atoms with Crippen LogP contribution in [0.3, 0.4) is 0 Å². The van der Waals surface area contributed by atoms with Crippen molar-refractivity contribution in [2.75, 3.05) is 33.7 Å². The summed E-state index contributed by atoms with van der Waals surface area (Å²) in [6.07, 6.45) is -4.13. The SMILES string of the molecule is CN(C)C(=O)C(=N)/C(=C1/CN(N)CCC[NH2+]1)C(F)(F)F. The molecule has 0 bridgehead atoms. The molecule has 0 aromatic heterocycles. The largest absolute Gasteiger partial charge is 0.424 e. The van der Waals surface area contributed by atoms with Gasteiger partial charge in [-0.25, -0.2) is 5.01 Å². The highest BCUT2D eigenvalue weighted by Gasteiger charge is 2.44. The van der Waals surface area contributed by atoms with Crippen LogP contribution >= 0.6 is 0 Å². The maximum absolute atomic E-state index is 13.2. The Morgan fingerprint density at radius 1 is 1.45 bits per heavy atom. The first-order valence-corrected chi connectivity index (χ1v) is 6.08. The Morgan fingerprint density at radius 3 is 2.55 bits per heavy atom. The molecule has 1 saturated heterocycles. The molecule has 0 radical (unpaired) electrons. The summed E-state index contributed by atoms with van der Waals surface area (Å²) in [5, 5.41) is 10.2. The molecule has 1 amide bonds. The molecule has 0 aromatic carbocycles. The third kappa shape index (κ3) is 4.02. The van der Waals surface area contributed by atoms with E-state index in [1.807, 2.05) is 0 Å². The molecule has 114 valence electrons. The topological polar surface area (TPSA) is 90.0 Å². The van der Waals surface area contributed by atoms with E-state index in [-0.39, 0.29) is 12.2 Å². The monoisotopic (exact) mass is 294 g/mol. The molecule has 1 fully saturated rings. The molecule has 0 unspecified atom stereocenters. The average molecular weight is 294 g/mol. The van der Waals surface area contributed by atoms with Crippen LogP contribution in [0.1, 0.15) is 6.42 Å². The van der Waals surface area contributed by atoms with Gasteiger partial charge in [0.15, 0.2) is 0 Å². The predicted molar refractivity (Wildman–Crippen MR) is 66.7 cm³/mol. The van der Waals surface area contributed by atoms with Crippen LogP contribution in [0.4, 0.5) is 13.2 Å². The Balaban J connectivity index is 3.24. The van der Waals surface area contributed by atoms with E-state index in [1.165, 1.54) is 24.4 Å². The van der Waals surface area contributed by atoms with Crippen molar-refractivity contribution >= 4 is 11.6 Å². The van der Waals surface area contributed by atoms with Gasteiger partial charge in [-0.1, -0.05) is 0 Å². The molecule has 5 N–H and O–H groups in total. The van der Waals surface area contributed by atoms with Crippen molar-refractivity contribution in [3.63, 3.8) is 0 Å². The second-order valence-electron chi connectivity index (χ2n) is 4.79. The Hall–Kier alpha value is -1.45. The fraction of sp³-hybridized carbons (Fsp3) is 0.636. The summed E-state index contributed by atoms with van der Waals surface area (Å²) >= 11 is 0. The Morgan fingerprint density at radius 2 is 2.05 bits per heavy atom. The summed E-state index contributed by atoms with van der Waals surface area (Å²) in [5.41, 5.74) is -2.37. The zero-order chi connectivity index (χ0) is 15.5. The summed E-state index contributed by atoms with van der Waals surface area (Å²) in [7, 11) is 2.61. The van der Waals surface area contributed by atoms with Crippen LogP contribution in [0.15, 0.2) is 11.3 Å². The second-order valence-corrected chi connectivity index (χ2v) is 4.79. The Bertz CT molecular complexity index is 430. The third-order valence-electron chi connectivity index (χ3n) is 2.89. The number of alkyl halides is 3. The van der Waals surface area contributed by atoms with Crippen molar-refractivity contribution in [1.29, 1.82) is 5.41 Å². The molecule has 0 aromatic rings. The summed E-state index contributed by atoms with van der Waals surface area (Å²) in [4.78, 5) is 12.6. The maximum Gasteiger partial charge on any atom is 0.424 e. The third-order valence-corrected chi connectivity index (χ3v) is 2.89. The second kappa shape index (κ2) is 6.33. The van der Waals surface area contributed by atoms with Gasteiger partial charge in [0.2, 0.25) is 0 Å². The van der Waals surface area contributed by atoms with Crippen molar-refractivity contribution < 1.29 is 23.3 Å². The molecule has 9 heteroatoms. The van der Waals surface area contributed by atoms with E-state index in [0.29, 0.717) is 19.5 Å². The van der Waals surface area contributed by atoms with Crippen molar-refractivity contribution in [3.05, 3.63) is 11.3 Å². The van der Waals surface area contributed by atoms with Gasteiger partial charge in [-0.2, -0.15) is 13.2 Å². The van der Waals surface area contributed by atoms with Gasteiger partial charge in [0.25, 0.3) is 5.91 Å². The zero-order valence-corrected chi connectivity index (χ0v) is 11.4. The summed E-state index contributed by atoms with van der Waals surface area (Å²) in [6.45, 7) is 0.782. The Kier molecular flexibility index (Phi) is 5.26. The lowest BCUT2D eigenvalue weighted by Gasteiger charge is -2.19. The van der Waals surface area contributed by atoms with Crippen LogP contribution < -0.4 is 11.2 Å². The molecule has 0 aliphatic carbocycles. The van der Waals surface area contributed by atoms with Crippen molar-refractivity contribution in [2.24, 2.45) is 5.84 Å². The van der Waals surface area contributed by atoms with Crippen LogP contribution in [0, 0.1) is 5.41 Å². The number of carbonyl (C=O) groups excluding carboxylic acids is 1. The van der Waals surface area contributed by atoms with Gasteiger partial charge >= 0.3 is 6.18 Å². The number of nitrogens with one attached hydrogen (secondary N) is 1. The first kappa shape index (κ1) is 16.6. The lowest BCUT2D eigenvalue weighted by Crippen LogP contribution is -2.83. The Labute approximate surface area is 114 Å². The highest BCUT2D eigenvalue weighted by Crippen LogP contribution is 2.28. The molecule has 1 rings (SSSR count). The van der Waals surface area contributed by atoms with Crippen molar-refractivity contribution in [1.82, 2.24) is 9.91 Å². The van der Waals surface area contributed by atoms with Gasteiger partial charge in [0.1, 0.15) is 17.0 Å². The minimum absolute atomic E-state index is 0.113. The number of nitrogens with zero attached hydrogens (tertiary/aromatic N) is 2. The van der Waals surface area contributed by atoms with E-state index < -0.39 is 23.4 Å². The number of amides is 1. The molecular formula is C11H19F3N5O+. The first-order valence-electron chi connectivity index (χ1n) is 6.08. The van der Waals surface area contributed by atoms with Gasteiger partial charge < -0.3 is 10.2 Å². The molecule has 20 heavy (non-hydrogen) atoms. The molecule has 1 aliphatic rings. The molecular weight excluding hydrogens is 275 g/mol. The minimum Gasteiger partial charge on any atom is -0.343 e. The number of quaternary nitrogens is 1. The first-order chi connectivity index (χ1) is 9.14. The van der Waals surface area contributed by atoms with E-state index >= 15 is 0 Å².